The molecular weight excluding hydrogens is 348 g/mol. The van der Waals surface area contributed by atoms with Crippen LogP contribution in [0.2, 0.25) is 0 Å². The lowest BCUT2D eigenvalue weighted by Gasteiger charge is -2.18. The Morgan fingerprint density at radius 1 is 1.04 bits per heavy atom. The van der Waals surface area contributed by atoms with Crippen molar-refractivity contribution in [2.24, 2.45) is 0 Å². The quantitative estimate of drug-likeness (QED) is 0.730. The number of imide groups is 1. The molecule has 0 bridgehead atoms. The predicted octanol–water partition coefficient (Wildman–Crippen LogP) is 2.37. The lowest BCUT2D eigenvalue weighted by atomic mass is 10.1. The van der Waals surface area contributed by atoms with E-state index in [1.807, 2.05) is 0 Å². The molecule has 0 saturated heterocycles. The maximum Gasteiger partial charge on any atom is 0.321 e. The van der Waals surface area contributed by atoms with Crippen LogP contribution in [-0.4, -0.2) is 31.6 Å². The Hall–Kier alpha value is -3.35. The number of ether oxygens (including phenoxy) is 2. The van der Waals surface area contributed by atoms with E-state index < -0.39 is 24.0 Å². The van der Waals surface area contributed by atoms with Gasteiger partial charge in [-0.05, 0) is 24.6 Å². The van der Waals surface area contributed by atoms with Gasteiger partial charge in [0.2, 0.25) is 6.10 Å². The van der Waals surface area contributed by atoms with Crippen molar-refractivity contribution in [1.82, 2.24) is 10.6 Å². The predicted molar refractivity (Wildman–Crippen MR) is 99.2 cm³/mol. The first-order valence-electron chi connectivity index (χ1n) is 8.49. The molecule has 0 saturated carbocycles. The average Bonchev–Trinajstić information content (AvgIpc) is 2.67. The van der Waals surface area contributed by atoms with E-state index >= 15 is 0 Å². The minimum absolute atomic E-state index is 0.0328. The Labute approximate surface area is 157 Å². The number of rotatable bonds is 7. The third kappa shape index (κ3) is 6.14. The molecule has 0 aliphatic carbocycles. The van der Waals surface area contributed by atoms with E-state index in [1.165, 1.54) is 7.11 Å². The fraction of sp³-hybridized carbons (Fsp3) is 0.250. The number of carbonyl (C=O) groups is 3. The van der Waals surface area contributed by atoms with Crippen LogP contribution >= 0.6 is 0 Å². The third-order valence-corrected chi connectivity index (χ3v) is 3.65. The van der Waals surface area contributed by atoms with Crippen LogP contribution < -0.4 is 15.4 Å². The van der Waals surface area contributed by atoms with Crippen LogP contribution in [0.25, 0.3) is 0 Å². The molecule has 27 heavy (non-hydrogen) atoms. The number of methoxy groups -OCH3 is 1. The second kappa shape index (κ2) is 9.96. The van der Waals surface area contributed by atoms with E-state index in [0.29, 0.717) is 23.4 Å². The summed E-state index contributed by atoms with van der Waals surface area (Å²) < 4.78 is 10.5. The molecule has 1 atom stereocenters. The van der Waals surface area contributed by atoms with Gasteiger partial charge in [-0.15, -0.1) is 0 Å². The molecule has 2 aromatic rings. The number of esters is 1. The van der Waals surface area contributed by atoms with Gasteiger partial charge in [0.05, 0.1) is 13.5 Å². The SMILES string of the molecule is CCNC(=O)NC(=O)[C@@H](OC(=O)Cc1cccc(OC)c1)c1ccccc1. The van der Waals surface area contributed by atoms with Gasteiger partial charge in [-0.1, -0.05) is 42.5 Å². The number of hydrogen-bond acceptors (Lipinski definition) is 5. The molecule has 142 valence electrons. The van der Waals surface area contributed by atoms with Crippen LogP contribution in [0.15, 0.2) is 54.6 Å². The lowest BCUT2D eigenvalue weighted by Crippen LogP contribution is -2.42. The number of amides is 3. The van der Waals surface area contributed by atoms with Gasteiger partial charge >= 0.3 is 12.0 Å². The van der Waals surface area contributed by atoms with Crippen LogP contribution in [0.3, 0.4) is 0 Å². The zero-order valence-corrected chi connectivity index (χ0v) is 15.2. The summed E-state index contributed by atoms with van der Waals surface area (Å²) in [5.41, 5.74) is 1.16. The summed E-state index contributed by atoms with van der Waals surface area (Å²) >= 11 is 0. The maximum atomic E-state index is 12.4. The standard InChI is InChI=1S/C20H22N2O5/c1-3-21-20(25)22-19(24)18(15-9-5-4-6-10-15)27-17(23)13-14-8-7-11-16(12-14)26-2/h4-12,18H,3,13H2,1-2H3,(H2,21,22,24,25)/t18-/m0/s1. The highest BCUT2D eigenvalue weighted by molar-refractivity contribution is 5.97. The lowest BCUT2D eigenvalue weighted by molar-refractivity contribution is -0.155. The summed E-state index contributed by atoms with van der Waals surface area (Å²) in [6.45, 7) is 2.09. The highest BCUT2D eigenvalue weighted by atomic mass is 16.5. The number of urea groups is 1. The Balaban J connectivity index is 2.12. The first-order valence-corrected chi connectivity index (χ1v) is 8.49. The van der Waals surface area contributed by atoms with E-state index in [4.69, 9.17) is 9.47 Å². The Morgan fingerprint density at radius 2 is 1.78 bits per heavy atom. The van der Waals surface area contributed by atoms with Gasteiger partial charge in [0.1, 0.15) is 5.75 Å². The Kier molecular flexibility index (Phi) is 7.37. The van der Waals surface area contributed by atoms with E-state index in [-0.39, 0.29) is 6.42 Å². The minimum Gasteiger partial charge on any atom is -0.497 e. The molecule has 3 amide bonds. The maximum absolute atomic E-state index is 12.4. The second-order valence-electron chi connectivity index (χ2n) is 5.66. The van der Waals surface area contributed by atoms with E-state index in [2.05, 4.69) is 10.6 Å². The van der Waals surface area contributed by atoms with Crippen molar-refractivity contribution in [3.05, 3.63) is 65.7 Å². The average molecular weight is 370 g/mol. The van der Waals surface area contributed by atoms with Gasteiger partial charge in [-0.2, -0.15) is 0 Å². The fourth-order valence-electron chi connectivity index (χ4n) is 2.41. The summed E-state index contributed by atoms with van der Waals surface area (Å²) in [5.74, 6) is -0.691. The van der Waals surface area contributed by atoms with Crippen molar-refractivity contribution >= 4 is 17.9 Å². The Morgan fingerprint density at radius 3 is 2.44 bits per heavy atom. The van der Waals surface area contributed by atoms with E-state index in [9.17, 15) is 14.4 Å². The van der Waals surface area contributed by atoms with Gasteiger partial charge in [0.15, 0.2) is 0 Å². The molecule has 0 radical (unpaired) electrons. The number of benzene rings is 2. The van der Waals surface area contributed by atoms with Gasteiger partial charge in [0.25, 0.3) is 5.91 Å². The van der Waals surface area contributed by atoms with Gasteiger partial charge in [0, 0.05) is 12.1 Å². The largest absolute Gasteiger partial charge is 0.497 e. The highest BCUT2D eigenvalue weighted by Gasteiger charge is 2.26. The molecule has 0 heterocycles. The van der Waals surface area contributed by atoms with Crippen molar-refractivity contribution in [3.63, 3.8) is 0 Å². The number of carbonyl (C=O) groups excluding carboxylic acids is 3. The van der Waals surface area contributed by atoms with Crippen molar-refractivity contribution in [2.45, 2.75) is 19.4 Å². The van der Waals surface area contributed by atoms with Crippen LogP contribution in [0.4, 0.5) is 4.79 Å². The highest BCUT2D eigenvalue weighted by Crippen LogP contribution is 2.19. The summed E-state index contributed by atoms with van der Waals surface area (Å²) in [6.07, 6.45) is -1.26. The molecule has 2 aromatic carbocycles. The first kappa shape index (κ1) is 20.0. The second-order valence-corrected chi connectivity index (χ2v) is 5.66. The number of hydrogen-bond donors (Lipinski definition) is 2. The van der Waals surface area contributed by atoms with Crippen molar-refractivity contribution in [3.8, 4) is 5.75 Å². The molecule has 0 spiro atoms. The summed E-state index contributed by atoms with van der Waals surface area (Å²) in [4.78, 5) is 36.5. The third-order valence-electron chi connectivity index (χ3n) is 3.65. The summed E-state index contributed by atoms with van der Waals surface area (Å²) in [5, 5.41) is 4.64. The van der Waals surface area contributed by atoms with E-state index in [0.717, 1.165) is 0 Å². The first-order chi connectivity index (χ1) is 13.0. The van der Waals surface area contributed by atoms with Crippen LogP contribution in [-0.2, 0) is 20.7 Å². The molecule has 7 nitrogen and oxygen atoms in total. The molecule has 0 aliphatic heterocycles. The zero-order chi connectivity index (χ0) is 19.6. The molecule has 0 aliphatic rings. The molecule has 0 unspecified atom stereocenters. The normalized spacial score (nSPS) is 11.2. The molecule has 7 heteroatoms. The van der Waals surface area contributed by atoms with Crippen molar-refractivity contribution in [2.75, 3.05) is 13.7 Å². The van der Waals surface area contributed by atoms with E-state index in [1.54, 1.807) is 61.5 Å². The van der Waals surface area contributed by atoms with Crippen molar-refractivity contribution < 1.29 is 23.9 Å². The van der Waals surface area contributed by atoms with Crippen LogP contribution in [0.1, 0.15) is 24.2 Å². The molecule has 0 aromatic heterocycles. The molecular formula is C20H22N2O5. The molecule has 2 N–H and O–H groups in total. The molecule has 0 fully saturated rings. The van der Waals surface area contributed by atoms with Crippen LogP contribution in [0.5, 0.6) is 5.75 Å². The number of nitrogens with one attached hydrogen (secondary N) is 2. The monoisotopic (exact) mass is 370 g/mol. The topological polar surface area (TPSA) is 93.7 Å². The zero-order valence-electron chi connectivity index (χ0n) is 15.2. The van der Waals surface area contributed by atoms with Gasteiger partial charge in [-0.25, -0.2) is 4.79 Å². The summed E-state index contributed by atoms with van der Waals surface area (Å²) in [7, 11) is 1.54. The Bertz CT molecular complexity index is 792. The van der Waals surface area contributed by atoms with Crippen molar-refractivity contribution in [1.29, 1.82) is 0 Å². The van der Waals surface area contributed by atoms with Crippen LogP contribution in [0, 0.1) is 0 Å². The fourth-order valence-corrected chi connectivity index (χ4v) is 2.41. The summed E-state index contributed by atoms with van der Waals surface area (Å²) in [6, 6.07) is 14.9. The van der Waals surface area contributed by atoms with Gasteiger partial charge < -0.3 is 14.8 Å². The smallest absolute Gasteiger partial charge is 0.321 e. The molecule has 2 rings (SSSR count). The van der Waals surface area contributed by atoms with Gasteiger partial charge in [-0.3, -0.25) is 14.9 Å². The minimum atomic E-state index is -1.23.